The topological polar surface area (TPSA) is 70.2 Å². The summed E-state index contributed by atoms with van der Waals surface area (Å²) in [6.45, 7) is 2.09. The monoisotopic (exact) mass is 331 g/mol. The highest BCUT2D eigenvalue weighted by Crippen LogP contribution is 2.20. The summed E-state index contributed by atoms with van der Waals surface area (Å²) in [6, 6.07) is 12.5. The number of carbonyl (C=O) groups is 2. The van der Waals surface area contributed by atoms with Crippen molar-refractivity contribution in [1.29, 1.82) is 0 Å². The summed E-state index contributed by atoms with van der Waals surface area (Å²) in [4.78, 5) is 23.5. The minimum absolute atomic E-state index is 0.101. The van der Waals surface area contributed by atoms with Crippen molar-refractivity contribution in [1.82, 2.24) is 5.32 Å². The molecule has 0 atom stereocenters. The number of amides is 2. The van der Waals surface area contributed by atoms with E-state index < -0.39 is 0 Å². The van der Waals surface area contributed by atoms with E-state index in [1.165, 1.54) is 0 Å². The van der Waals surface area contributed by atoms with E-state index >= 15 is 0 Å². The van der Waals surface area contributed by atoms with Gasteiger partial charge in [-0.2, -0.15) is 0 Å². The van der Waals surface area contributed by atoms with Crippen LogP contribution in [0.3, 0.4) is 0 Å². The Morgan fingerprint density at radius 1 is 1.04 bits per heavy atom. The first-order chi connectivity index (χ1) is 11.0. The second-order valence-electron chi connectivity index (χ2n) is 5.04. The SMILES string of the molecule is CNC(=O)c1ccc(NCC(=O)Nc2ccc(C)cc2)cc1Cl. The van der Waals surface area contributed by atoms with Crippen LogP contribution in [0.2, 0.25) is 5.02 Å². The average Bonchev–Trinajstić information content (AvgIpc) is 2.54. The standard InChI is InChI=1S/C17H18ClN3O2/c1-11-3-5-12(6-4-11)21-16(22)10-20-13-7-8-14(15(18)9-13)17(23)19-2/h3-9,20H,10H2,1-2H3,(H,19,23)(H,21,22). The number of nitrogens with one attached hydrogen (secondary N) is 3. The van der Waals surface area contributed by atoms with Gasteiger partial charge in [0, 0.05) is 18.4 Å². The van der Waals surface area contributed by atoms with Gasteiger partial charge in [-0.3, -0.25) is 9.59 Å². The highest BCUT2D eigenvalue weighted by molar-refractivity contribution is 6.34. The molecule has 0 heterocycles. The summed E-state index contributed by atoms with van der Waals surface area (Å²) in [5.74, 6) is -0.418. The van der Waals surface area contributed by atoms with E-state index in [4.69, 9.17) is 11.6 Å². The Hall–Kier alpha value is -2.53. The summed E-state index contributed by atoms with van der Waals surface area (Å²) in [5, 5.41) is 8.61. The molecule has 3 N–H and O–H groups in total. The van der Waals surface area contributed by atoms with Crippen LogP contribution in [-0.4, -0.2) is 25.4 Å². The van der Waals surface area contributed by atoms with E-state index in [-0.39, 0.29) is 18.4 Å². The Bertz CT molecular complexity index is 714. The maximum absolute atomic E-state index is 11.9. The van der Waals surface area contributed by atoms with Crippen molar-refractivity contribution in [3.8, 4) is 0 Å². The van der Waals surface area contributed by atoms with E-state index in [1.54, 1.807) is 25.2 Å². The fourth-order valence-corrected chi connectivity index (χ4v) is 2.23. The van der Waals surface area contributed by atoms with Gasteiger partial charge in [-0.05, 0) is 37.3 Å². The van der Waals surface area contributed by atoms with Crippen LogP contribution in [0.25, 0.3) is 0 Å². The van der Waals surface area contributed by atoms with Crippen molar-refractivity contribution in [3.05, 3.63) is 58.6 Å². The van der Waals surface area contributed by atoms with E-state index in [1.807, 2.05) is 31.2 Å². The van der Waals surface area contributed by atoms with Crippen molar-refractivity contribution in [2.24, 2.45) is 0 Å². The highest BCUT2D eigenvalue weighted by atomic mass is 35.5. The molecule has 0 unspecified atom stereocenters. The van der Waals surface area contributed by atoms with E-state index in [2.05, 4.69) is 16.0 Å². The molecule has 0 fully saturated rings. The fourth-order valence-electron chi connectivity index (χ4n) is 1.97. The minimum atomic E-state index is -0.251. The second kappa shape index (κ2) is 7.65. The van der Waals surface area contributed by atoms with Gasteiger partial charge in [-0.1, -0.05) is 29.3 Å². The van der Waals surface area contributed by atoms with Gasteiger partial charge in [0.05, 0.1) is 17.1 Å². The number of halogens is 1. The van der Waals surface area contributed by atoms with E-state index in [0.717, 1.165) is 11.3 Å². The lowest BCUT2D eigenvalue weighted by molar-refractivity contribution is -0.114. The molecule has 0 aliphatic carbocycles. The molecule has 0 spiro atoms. The van der Waals surface area contributed by atoms with Gasteiger partial charge in [0.15, 0.2) is 0 Å². The van der Waals surface area contributed by atoms with Crippen molar-refractivity contribution < 1.29 is 9.59 Å². The van der Waals surface area contributed by atoms with Gasteiger partial charge in [0.2, 0.25) is 5.91 Å². The zero-order valence-electron chi connectivity index (χ0n) is 12.9. The summed E-state index contributed by atoms with van der Waals surface area (Å²) in [5.41, 5.74) is 2.94. The van der Waals surface area contributed by atoms with Crippen molar-refractivity contribution in [2.45, 2.75) is 6.92 Å². The summed E-state index contributed by atoms with van der Waals surface area (Å²) in [6.07, 6.45) is 0. The van der Waals surface area contributed by atoms with Crippen LogP contribution >= 0.6 is 11.6 Å². The maximum atomic E-state index is 11.9. The zero-order valence-corrected chi connectivity index (χ0v) is 13.7. The molecule has 6 heteroatoms. The fraction of sp³-hybridized carbons (Fsp3) is 0.176. The number of anilines is 2. The average molecular weight is 332 g/mol. The van der Waals surface area contributed by atoms with Crippen LogP contribution < -0.4 is 16.0 Å². The Labute approximate surface area is 140 Å². The first-order valence-corrected chi connectivity index (χ1v) is 7.49. The third kappa shape index (κ3) is 4.72. The molecule has 120 valence electrons. The molecule has 0 radical (unpaired) electrons. The molecule has 0 aromatic heterocycles. The van der Waals surface area contributed by atoms with Gasteiger partial charge in [0.25, 0.3) is 5.91 Å². The van der Waals surface area contributed by atoms with Crippen LogP contribution in [0, 0.1) is 6.92 Å². The predicted molar refractivity (Wildman–Crippen MR) is 93.1 cm³/mol. The minimum Gasteiger partial charge on any atom is -0.376 e. The number of rotatable bonds is 5. The van der Waals surface area contributed by atoms with Gasteiger partial charge in [-0.25, -0.2) is 0 Å². The first kappa shape index (κ1) is 16.8. The molecular formula is C17H18ClN3O2. The van der Waals surface area contributed by atoms with Crippen LogP contribution in [0.5, 0.6) is 0 Å². The highest BCUT2D eigenvalue weighted by Gasteiger charge is 2.09. The zero-order chi connectivity index (χ0) is 16.8. The third-order valence-electron chi connectivity index (χ3n) is 3.23. The molecule has 5 nitrogen and oxygen atoms in total. The molecule has 0 saturated carbocycles. The van der Waals surface area contributed by atoms with Gasteiger partial charge in [0.1, 0.15) is 0 Å². The number of carbonyl (C=O) groups excluding carboxylic acids is 2. The molecule has 0 bridgehead atoms. The molecular weight excluding hydrogens is 314 g/mol. The molecule has 23 heavy (non-hydrogen) atoms. The molecule has 0 aliphatic heterocycles. The van der Waals surface area contributed by atoms with Crippen LogP contribution in [0.15, 0.2) is 42.5 Å². The molecule has 2 rings (SSSR count). The van der Waals surface area contributed by atoms with Gasteiger partial charge < -0.3 is 16.0 Å². The predicted octanol–water partition coefficient (Wildman–Crippen LogP) is 3.06. The number of hydrogen-bond donors (Lipinski definition) is 3. The molecule has 2 amide bonds. The summed E-state index contributed by atoms with van der Waals surface area (Å²) < 4.78 is 0. The largest absolute Gasteiger partial charge is 0.376 e. The molecule has 0 aliphatic rings. The normalized spacial score (nSPS) is 10.0. The Balaban J connectivity index is 1.92. The second-order valence-corrected chi connectivity index (χ2v) is 5.45. The Morgan fingerprint density at radius 3 is 2.30 bits per heavy atom. The summed E-state index contributed by atoms with van der Waals surface area (Å²) in [7, 11) is 1.54. The van der Waals surface area contributed by atoms with Crippen molar-refractivity contribution in [3.63, 3.8) is 0 Å². The van der Waals surface area contributed by atoms with Crippen LogP contribution in [0.4, 0.5) is 11.4 Å². The van der Waals surface area contributed by atoms with E-state index in [9.17, 15) is 9.59 Å². The van der Waals surface area contributed by atoms with Gasteiger partial charge >= 0.3 is 0 Å². The van der Waals surface area contributed by atoms with Gasteiger partial charge in [-0.15, -0.1) is 0 Å². The molecule has 2 aromatic carbocycles. The lowest BCUT2D eigenvalue weighted by Crippen LogP contribution is -2.22. The van der Waals surface area contributed by atoms with Crippen molar-refractivity contribution >= 4 is 34.8 Å². The number of hydrogen-bond acceptors (Lipinski definition) is 3. The first-order valence-electron chi connectivity index (χ1n) is 7.11. The Kier molecular flexibility index (Phi) is 5.60. The molecule has 0 saturated heterocycles. The molecule has 2 aromatic rings. The maximum Gasteiger partial charge on any atom is 0.252 e. The van der Waals surface area contributed by atoms with Crippen LogP contribution in [0.1, 0.15) is 15.9 Å². The third-order valence-corrected chi connectivity index (χ3v) is 3.54. The smallest absolute Gasteiger partial charge is 0.252 e. The Morgan fingerprint density at radius 2 is 1.70 bits per heavy atom. The number of aryl methyl sites for hydroxylation is 1. The lowest BCUT2D eigenvalue weighted by atomic mass is 10.2. The lowest BCUT2D eigenvalue weighted by Gasteiger charge is -2.10. The van der Waals surface area contributed by atoms with E-state index in [0.29, 0.717) is 16.3 Å². The van der Waals surface area contributed by atoms with Crippen molar-refractivity contribution in [2.75, 3.05) is 24.2 Å². The summed E-state index contributed by atoms with van der Waals surface area (Å²) >= 11 is 6.06. The van der Waals surface area contributed by atoms with Crippen LogP contribution in [-0.2, 0) is 4.79 Å². The number of benzene rings is 2. The quantitative estimate of drug-likeness (QED) is 0.788.